The number of hydrogen-bond donors (Lipinski definition) is 3. The van der Waals surface area contributed by atoms with Crippen LogP contribution < -0.4 is 17.1 Å². The van der Waals surface area contributed by atoms with E-state index < -0.39 is 0 Å². The van der Waals surface area contributed by atoms with E-state index in [1.807, 2.05) is 6.92 Å². The first-order chi connectivity index (χ1) is 7.22. The molecule has 7 heteroatoms. The summed E-state index contributed by atoms with van der Waals surface area (Å²) in [4.78, 5) is 19.0. The molecule has 0 unspecified atom stereocenters. The van der Waals surface area contributed by atoms with Gasteiger partial charge in [0.1, 0.15) is 11.0 Å². The fourth-order valence-corrected chi connectivity index (χ4v) is 1.25. The molecule has 5 N–H and O–H groups in total. The molecule has 0 fully saturated rings. The summed E-state index contributed by atoms with van der Waals surface area (Å²) < 4.78 is 0. The lowest BCUT2D eigenvalue weighted by Gasteiger charge is -1.85. The van der Waals surface area contributed by atoms with Crippen LogP contribution in [0.4, 0.5) is 11.6 Å². The lowest BCUT2D eigenvalue weighted by atomic mass is 10.4. The predicted molar refractivity (Wildman–Crippen MR) is 56.6 cm³/mol. The SMILES string of the molecule is CCN=c1nc(N)c2nc[nH]c2c(N)n1. The Hall–Kier alpha value is -2.18. The molecule has 0 aliphatic rings. The van der Waals surface area contributed by atoms with Gasteiger partial charge in [-0.3, -0.25) is 0 Å². The first kappa shape index (κ1) is 9.38. The quantitative estimate of drug-likeness (QED) is 0.576. The fourth-order valence-electron chi connectivity index (χ4n) is 1.25. The van der Waals surface area contributed by atoms with Gasteiger partial charge in [0.2, 0.25) is 5.62 Å². The first-order valence-corrected chi connectivity index (χ1v) is 4.49. The molecule has 0 aromatic carbocycles. The molecule has 15 heavy (non-hydrogen) atoms. The van der Waals surface area contributed by atoms with Crippen LogP contribution in [0, 0.1) is 0 Å². The summed E-state index contributed by atoms with van der Waals surface area (Å²) in [6.45, 7) is 2.46. The highest BCUT2D eigenvalue weighted by Gasteiger charge is 2.05. The van der Waals surface area contributed by atoms with Crippen molar-refractivity contribution in [1.29, 1.82) is 0 Å². The van der Waals surface area contributed by atoms with Gasteiger partial charge in [0.05, 0.1) is 6.33 Å². The summed E-state index contributed by atoms with van der Waals surface area (Å²) in [5.41, 5.74) is 12.8. The molecule has 0 spiro atoms. The second-order valence-corrected chi connectivity index (χ2v) is 2.89. The summed E-state index contributed by atoms with van der Waals surface area (Å²) >= 11 is 0. The number of fused-ring (bicyclic) bond motifs is 1. The zero-order chi connectivity index (χ0) is 10.8. The summed E-state index contributed by atoms with van der Waals surface area (Å²) in [6, 6.07) is 0. The van der Waals surface area contributed by atoms with Crippen LogP contribution in [0.15, 0.2) is 11.3 Å². The van der Waals surface area contributed by atoms with Crippen molar-refractivity contribution in [1.82, 2.24) is 19.9 Å². The molecule has 2 heterocycles. The van der Waals surface area contributed by atoms with Gasteiger partial charge in [-0.15, -0.1) is 0 Å². The minimum Gasteiger partial charge on any atom is -0.382 e. The maximum absolute atomic E-state index is 5.74. The van der Waals surface area contributed by atoms with Gasteiger partial charge in [0.15, 0.2) is 11.6 Å². The number of imidazole rings is 1. The molecule has 0 bridgehead atoms. The van der Waals surface area contributed by atoms with Gasteiger partial charge in [0, 0.05) is 6.54 Å². The van der Waals surface area contributed by atoms with E-state index in [0.717, 1.165) is 0 Å². The number of anilines is 2. The second kappa shape index (κ2) is 3.52. The summed E-state index contributed by atoms with van der Waals surface area (Å²) in [5, 5.41) is 0. The molecule has 0 saturated heterocycles. The van der Waals surface area contributed by atoms with E-state index >= 15 is 0 Å². The van der Waals surface area contributed by atoms with Crippen molar-refractivity contribution >= 4 is 22.7 Å². The van der Waals surface area contributed by atoms with Gasteiger partial charge < -0.3 is 16.5 Å². The Balaban J connectivity index is 2.90. The molecule has 78 valence electrons. The number of nitrogen functional groups attached to an aromatic ring is 2. The van der Waals surface area contributed by atoms with E-state index in [9.17, 15) is 0 Å². The van der Waals surface area contributed by atoms with Crippen LogP contribution in [-0.2, 0) is 0 Å². The standard InChI is InChI=1S/C8H11N7/c1-2-11-8-14-6(9)4-5(7(10)15-8)13-3-12-4/h3H,2H2,1H3,(H,12,13)(H4,9,10,11,14,15). The Bertz CT molecular complexity index is 514. The summed E-state index contributed by atoms with van der Waals surface area (Å²) in [6.07, 6.45) is 1.50. The number of H-pyrrole nitrogens is 1. The third-order valence-electron chi connectivity index (χ3n) is 1.88. The third kappa shape index (κ3) is 1.58. The third-order valence-corrected chi connectivity index (χ3v) is 1.88. The van der Waals surface area contributed by atoms with Crippen LogP contribution in [0.3, 0.4) is 0 Å². The molecule has 0 saturated carbocycles. The number of nitrogens with zero attached hydrogens (tertiary/aromatic N) is 4. The number of aromatic amines is 1. The molecule has 2 aromatic rings. The van der Waals surface area contributed by atoms with Crippen molar-refractivity contribution in [3.05, 3.63) is 11.9 Å². The molecule has 0 radical (unpaired) electrons. The topological polar surface area (TPSA) is 119 Å². The van der Waals surface area contributed by atoms with E-state index in [1.54, 1.807) is 0 Å². The summed E-state index contributed by atoms with van der Waals surface area (Å²) in [7, 11) is 0. The number of nitrogens with two attached hydrogens (primary N) is 2. The highest BCUT2D eigenvalue weighted by molar-refractivity contribution is 5.90. The van der Waals surface area contributed by atoms with Crippen molar-refractivity contribution in [2.24, 2.45) is 4.99 Å². The largest absolute Gasteiger partial charge is 0.382 e. The minimum atomic E-state index is 0.266. The molecule has 0 aliphatic heterocycles. The molecule has 0 amide bonds. The Kier molecular flexibility index (Phi) is 2.20. The zero-order valence-corrected chi connectivity index (χ0v) is 8.23. The zero-order valence-electron chi connectivity index (χ0n) is 8.23. The Morgan fingerprint density at radius 1 is 1.33 bits per heavy atom. The smallest absolute Gasteiger partial charge is 0.248 e. The van der Waals surface area contributed by atoms with E-state index in [4.69, 9.17) is 11.5 Å². The molecule has 7 nitrogen and oxygen atoms in total. The maximum Gasteiger partial charge on any atom is 0.248 e. The second-order valence-electron chi connectivity index (χ2n) is 2.89. The van der Waals surface area contributed by atoms with Crippen LogP contribution in [0.2, 0.25) is 0 Å². The van der Waals surface area contributed by atoms with Crippen molar-refractivity contribution in [3.8, 4) is 0 Å². The van der Waals surface area contributed by atoms with Gasteiger partial charge in [-0.1, -0.05) is 0 Å². The van der Waals surface area contributed by atoms with Gasteiger partial charge in [-0.25, -0.2) is 9.98 Å². The van der Waals surface area contributed by atoms with Crippen molar-refractivity contribution in [3.63, 3.8) is 0 Å². The van der Waals surface area contributed by atoms with Crippen molar-refractivity contribution < 1.29 is 0 Å². The predicted octanol–water partition coefficient (Wildman–Crippen LogP) is -0.562. The van der Waals surface area contributed by atoms with Crippen LogP contribution in [0.25, 0.3) is 11.0 Å². The summed E-state index contributed by atoms with van der Waals surface area (Å²) in [5.74, 6) is 0.557. The number of nitrogens with one attached hydrogen (secondary N) is 1. The maximum atomic E-state index is 5.74. The normalized spacial score (nSPS) is 12.2. The van der Waals surface area contributed by atoms with Gasteiger partial charge >= 0.3 is 0 Å². The number of rotatable bonds is 1. The van der Waals surface area contributed by atoms with Gasteiger partial charge in [-0.05, 0) is 6.92 Å². The highest BCUT2D eigenvalue weighted by atomic mass is 15.1. The molecular formula is C8H11N7. The van der Waals surface area contributed by atoms with Crippen LogP contribution >= 0.6 is 0 Å². The van der Waals surface area contributed by atoms with Crippen molar-refractivity contribution in [2.75, 3.05) is 18.0 Å². The number of aromatic nitrogens is 4. The lowest BCUT2D eigenvalue weighted by molar-refractivity contribution is 0.951. The Morgan fingerprint density at radius 2 is 2.07 bits per heavy atom. The monoisotopic (exact) mass is 205 g/mol. The van der Waals surface area contributed by atoms with E-state index in [2.05, 4.69) is 24.9 Å². The number of hydrogen-bond acceptors (Lipinski definition) is 6. The Morgan fingerprint density at radius 3 is 2.80 bits per heavy atom. The van der Waals surface area contributed by atoms with E-state index in [-0.39, 0.29) is 11.4 Å². The Labute approximate surface area is 85.3 Å². The average Bonchev–Trinajstić information content (AvgIpc) is 2.62. The van der Waals surface area contributed by atoms with Crippen LogP contribution in [-0.4, -0.2) is 26.5 Å². The molecule has 2 rings (SSSR count). The molecular weight excluding hydrogens is 194 g/mol. The molecule has 0 aliphatic carbocycles. The van der Waals surface area contributed by atoms with Crippen LogP contribution in [0.1, 0.15) is 6.92 Å². The van der Waals surface area contributed by atoms with Crippen LogP contribution in [0.5, 0.6) is 0 Å². The van der Waals surface area contributed by atoms with E-state index in [1.165, 1.54) is 6.33 Å². The first-order valence-electron chi connectivity index (χ1n) is 4.49. The minimum absolute atomic E-state index is 0.266. The van der Waals surface area contributed by atoms with Gasteiger partial charge in [-0.2, -0.15) is 9.97 Å². The van der Waals surface area contributed by atoms with E-state index in [0.29, 0.717) is 23.4 Å². The van der Waals surface area contributed by atoms with Gasteiger partial charge in [0.25, 0.3) is 0 Å². The van der Waals surface area contributed by atoms with Crippen molar-refractivity contribution in [2.45, 2.75) is 6.92 Å². The highest BCUT2D eigenvalue weighted by Crippen LogP contribution is 2.15. The fraction of sp³-hybridized carbons (Fsp3) is 0.250. The molecule has 2 aromatic heterocycles. The lowest BCUT2D eigenvalue weighted by Crippen LogP contribution is -2.12. The molecule has 0 atom stereocenters. The average molecular weight is 205 g/mol.